The fraction of sp³-hybridized carbons (Fsp3) is 0.0769. The highest BCUT2D eigenvalue weighted by Crippen LogP contribution is 2.24. The second-order valence-corrected chi connectivity index (χ2v) is 8.00. The Hall–Kier alpha value is -4.72. The quantitative estimate of drug-likeness (QED) is 0.211. The SMILES string of the molecule is Cc1ccc(Cn2cc(/C=N\NC(=O)c3cc4cc([N+](=O)[O-])ccc4o3)c3ccccc32)cc1. The van der Waals surface area contributed by atoms with Crippen LogP contribution >= 0.6 is 0 Å². The number of non-ortho nitro benzene ring substituents is 1. The van der Waals surface area contributed by atoms with E-state index in [-0.39, 0.29) is 11.4 Å². The van der Waals surface area contributed by atoms with E-state index in [0.29, 0.717) is 17.5 Å². The summed E-state index contributed by atoms with van der Waals surface area (Å²) in [6.07, 6.45) is 3.60. The molecule has 1 amide bonds. The minimum Gasteiger partial charge on any atom is -0.451 e. The molecule has 0 spiro atoms. The van der Waals surface area contributed by atoms with Crippen LogP contribution in [0.15, 0.2) is 88.5 Å². The number of nitro groups is 1. The maximum atomic E-state index is 12.5. The van der Waals surface area contributed by atoms with E-state index in [9.17, 15) is 14.9 Å². The Kier molecular flexibility index (Phi) is 5.39. The van der Waals surface area contributed by atoms with Gasteiger partial charge < -0.3 is 8.98 Å². The van der Waals surface area contributed by atoms with Gasteiger partial charge in [0.15, 0.2) is 5.76 Å². The molecule has 0 aliphatic rings. The second kappa shape index (κ2) is 8.67. The van der Waals surface area contributed by atoms with Crippen LogP contribution in [-0.4, -0.2) is 21.6 Å². The zero-order chi connectivity index (χ0) is 23.7. The summed E-state index contributed by atoms with van der Waals surface area (Å²) in [6, 6.07) is 22.0. The number of carbonyl (C=O) groups excluding carboxylic acids is 1. The molecule has 1 N–H and O–H groups in total. The molecule has 34 heavy (non-hydrogen) atoms. The number of amides is 1. The molecular weight excluding hydrogens is 432 g/mol. The van der Waals surface area contributed by atoms with Crippen LogP contribution in [0.2, 0.25) is 0 Å². The molecule has 0 saturated heterocycles. The van der Waals surface area contributed by atoms with Crippen molar-refractivity contribution in [3.8, 4) is 0 Å². The molecule has 0 radical (unpaired) electrons. The molecule has 0 aliphatic heterocycles. The van der Waals surface area contributed by atoms with E-state index < -0.39 is 10.8 Å². The third kappa shape index (κ3) is 4.16. The van der Waals surface area contributed by atoms with Crippen molar-refractivity contribution >= 4 is 39.7 Å². The molecule has 8 heteroatoms. The molecule has 8 nitrogen and oxygen atoms in total. The first-order valence-corrected chi connectivity index (χ1v) is 10.6. The molecule has 0 fully saturated rings. The highest BCUT2D eigenvalue weighted by molar-refractivity contribution is 6.01. The van der Waals surface area contributed by atoms with Crippen molar-refractivity contribution in [2.24, 2.45) is 5.10 Å². The van der Waals surface area contributed by atoms with Gasteiger partial charge in [-0.3, -0.25) is 14.9 Å². The van der Waals surface area contributed by atoms with Gasteiger partial charge in [0.05, 0.1) is 11.1 Å². The van der Waals surface area contributed by atoms with Gasteiger partial charge in [0, 0.05) is 46.7 Å². The number of benzene rings is 3. The number of aryl methyl sites for hydroxylation is 1. The minimum atomic E-state index is -0.543. The van der Waals surface area contributed by atoms with Crippen molar-refractivity contribution in [2.45, 2.75) is 13.5 Å². The summed E-state index contributed by atoms with van der Waals surface area (Å²) < 4.78 is 7.65. The number of para-hydroxylation sites is 1. The number of nitrogens with zero attached hydrogens (tertiary/aromatic N) is 3. The van der Waals surface area contributed by atoms with Gasteiger partial charge >= 0.3 is 5.91 Å². The number of hydrogen-bond acceptors (Lipinski definition) is 5. The Morgan fingerprint density at radius 2 is 1.91 bits per heavy atom. The number of aromatic nitrogens is 1. The molecule has 2 heterocycles. The van der Waals surface area contributed by atoms with E-state index in [1.54, 1.807) is 6.21 Å². The molecule has 0 unspecified atom stereocenters. The van der Waals surface area contributed by atoms with Crippen molar-refractivity contribution in [2.75, 3.05) is 0 Å². The fourth-order valence-corrected chi connectivity index (χ4v) is 3.87. The largest absolute Gasteiger partial charge is 0.451 e. The maximum Gasteiger partial charge on any atom is 0.307 e. The number of hydrazone groups is 1. The van der Waals surface area contributed by atoms with E-state index in [1.807, 2.05) is 30.5 Å². The van der Waals surface area contributed by atoms with E-state index >= 15 is 0 Å². The third-order valence-electron chi connectivity index (χ3n) is 5.60. The molecule has 0 bridgehead atoms. The predicted octanol–water partition coefficient (Wildman–Crippen LogP) is 5.42. The van der Waals surface area contributed by atoms with E-state index in [4.69, 9.17) is 4.42 Å². The summed E-state index contributed by atoms with van der Waals surface area (Å²) in [6.45, 7) is 2.78. The van der Waals surface area contributed by atoms with Crippen LogP contribution in [0.4, 0.5) is 5.69 Å². The minimum absolute atomic E-state index is 0.0226. The van der Waals surface area contributed by atoms with Gasteiger partial charge in [-0.15, -0.1) is 0 Å². The summed E-state index contributed by atoms with van der Waals surface area (Å²) >= 11 is 0. The van der Waals surface area contributed by atoms with E-state index in [0.717, 1.165) is 16.5 Å². The van der Waals surface area contributed by atoms with Crippen molar-refractivity contribution in [3.63, 3.8) is 0 Å². The summed E-state index contributed by atoms with van der Waals surface area (Å²) in [5, 5.41) is 16.5. The standard InChI is InChI=1S/C26H20N4O4/c1-17-6-8-18(9-7-17)15-29-16-20(22-4-2-3-5-23(22)29)14-27-28-26(31)25-13-19-12-21(30(32)33)10-11-24(19)34-25/h2-14,16H,15H2,1H3,(H,28,31)/b27-14-. The Balaban J connectivity index is 1.36. The Morgan fingerprint density at radius 3 is 2.71 bits per heavy atom. The molecule has 5 rings (SSSR count). The van der Waals surface area contributed by atoms with Gasteiger partial charge in [-0.2, -0.15) is 5.10 Å². The van der Waals surface area contributed by atoms with Crippen molar-refractivity contribution in [1.29, 1.82) is 0 Å². The van der Waals surface area contributed by atoms with Crippen molar-refractivity contribution in [1.82, 2.24) is 9.99 Å². The lowest BCUT2D eigenvalue weighted by Gasteiger charge is -2.06. The van der Waals surface area contributed by atoms with Gasteiger partial charge in [-0.1, -0.05) is 48.0 Å². The number of rotatable bonds is 6. The fourth-order valence-electron chi connectivity index (χ4n) is 3.87. The first-order valence-electron chi connectivity index (χ1n) is 10.6. The Morgan fingerprint density at radius 1 is 1.12 bits per heavy atom. The zero-order valence-corrected chi connectivity index (χ0v) is 18.3. The molecule has 0 aliphatic carbocycles. The van der Waals surface area contributed by atoms with E-state index in [1.165, 1.54) is 35.4 Å². The topological polar surface area (TPSA) is 103 Å². The maximum absolute atomic E-state index is 12.5. The first-order chi connectivity index (χ1) is 16.5. The normalized spacial score (nSPS) is 11.4. The smallest absolute Gasteiger partial charge is 0.307 e. The van der Waals surface area contributed by atoms with E-state index in [2.05, 4.69) is 46.3 Å². The predicted molar refractivity (Wildman–Crippen MR) is 130 cm³/mol. The number of carbonyl (C=O) groups is 1. The number of furan rings is 1. The van der Waals surface area contributed by atoms with Gasteiger partial charge in [0.2, 0.25) is 0 Å². The number of hydrogen-bond donors (Lipinski definition) is 1. The van der Waals surface area contributed by atoms with Crippen molar-refractivity contribution in [3.05, 3.63) is 112 Å². The molecule has 2 aromatic heterocycles. The van der Waals surface area contributed by atoms with Crippen LogP contribution in [0.1, 0.15) is 27.2 Å². The highest BCUT2D eigenvalue weighted by atomic mass is 16.6. The number of nitrogens with one attached hydrogen (secondary N) is 1. The molecule has 3 aromatic carbocycles. The van der Waals surface area contributed by atoms with Crippen LogP contribution < -0.4 is 5.43 Å². The van der Waals surface area contributed by atoms with Gasteiger partial charge in [0.25, 0.3) is 5.69 Å². The molecule has 168 valence electrons. The molecular formula is C26H20N4O4. The number of nitro benzene ring substituents is 1. The summed E-state index contributed by atoms with van der Waals surface area (Å²) in [5.74, 6) is -0.520. The number of fused-ring (bicyclic) bond motifs is 2. The average Bonchev–Trinajstić information content (AvgIpc) is 3.42. The lowest BCUT2D eigenvalue weighted by molar-refractivity contribution is -0.384. The van der Waals surface area contributed by atoms with Gasteiger partial charge in [-0.05, 0) is 30.7 Å². The third-order valence-corrected chi connectivity index (χ3v) is 5.60. The summed E-state index contributed by atoms with van der Waals surface area (Å²) in [5.41, 5.74) is 7.12. The molecule has 0 atom stereocenters. The summed E-state index contributed by atoms with van der Waals surface area (Å²) in [4.78, 5) is 23.0. The second-order valence-electron chi connectivity index (χ2n) is 8.00. The molecule has 0 saturated carbocycles. The first kappa shape index (κ1) is 21.1. The van der Waals surface area contributed by atoms with Crippen LogP contribution in [0, 0.1) is 17.0 Å². The van der Waals surface area contributed by atoms with Gasteiger partial charge in [-0.25, -0.2) is 5.43 Å². The molecule has 5 aromatic rings. The van der Waals surface area contributed by atoms with Crippen LogP contribution in [0.5, 0.6) is 0 Å². The van der Waals surface area contributed by atoms with Gasteiger partial charge in [0.1, 0.15) is 5.58 Å². The van der Waals surface area contributed by atoms with Crippen LogP contribution in [-0.2, 0) is 6.54 Å². The lowest BCUT2D eigenvalue weighted by Crippen LogP contribution is -2.16. The monoisotopic (exact) mass is 452 g/mol. The lowest BCUT2D eigenvalue weighted by atomic mass is 10.1. The van der Waals surface area contributed by atoms with Crippen molar-refractivity contribution < 1.29 is 14.1 Å². The summed E-state index contributed by atoms with van der Waals surface area (Å²) in [7, 11) is 0. The average molecular weight is 452 g/mol. The Labute approximate surface area is 194 Å². The highest BCUT2D eigenvalue weighted by Gasteiger charge is 2.15. The van der Waals surface area contributed by atoms with Crippen LogP contribution in [0.3, 0.4) is 0 Å². The zero-order valence-electron chi connectivity index (χ0n) is 18.3. The van der Waals surface area contributed by atoms with Crippen LogP contribution in [0.25, 0.3) is 21.9 Å². The Bertz CT molecular complexity index is 1560.